The number of benzene rings is 2. The Kier molecular flexibility index (Phi) is 5.65. The molecular formula is C17H17NO4S. The number of ether oxygens (including phenoxy) is 1. The molecule has 0 atom stereocenters. The van der Waals surface area contributed by atoms with Crippen LogP contribution in [0.3, 0.4) is 0 Å². The molecule has 2 aromatic rings. The molecule has 6 heteroatoms. The molecule has 3 N–H and O–H groups in total. The predicted molar refractivity (Wildman–Crippen MR) is 88.7 cm³/mol. The van der Waals surface area contributed by atoms with E-state index in [1.54, 1.807) is 31.2 Å². The van der Waals surface area contributed by atoms with Crippen molar-refractivity contribution >= 4 is 29.4 Å². The van der Waals surface area contributed by atoms with Crippen molar-refractivity contribution in [2.24, 2.45) is 0 Å². The lowest BCUT2D eigenvalue weighted by Crippen LogP contribution is -2.04. The van der Waals surface area contributed by atoms with Gasteiger partial charge < -0.3 is 15.6 Å². The van der Waals surface area contributed by atoms with Crippen molar-refractivity contribution in [3.05, 3.63) is 53.6 Å². The molecule has 0 unspecified atom stereocenters. The molecule has 120 valence electrons. The van der Waals surface area contributed by atoms with Crippen molar-refractivity contribution in [1.82, 2.24) is 0 Å². The molecule has 0 aliphatic heterocycles. The molecule has 0 aliphatic rings. The summed E-state index contributed by atoms with van der Waals surface area (Å²) in [4.78, 5) is 24.2. The zero-order valence-corrected chi connectivity index (χ0v) is 13.4. The third kappa shape index (κ3) is 4.75. The lowest BCUT2D eigenvalue weighted by molar-refractivity contribution is -0.136. The van der Waals surface area contributed by atoms with E-state index in [4.69, 9.17) is 15.6 Å². The highest BCUT2D eigenvalue weighted by Crippen LogP contribution is 2.30. The third-order valence-electron chi connectivity index (χ3n) is 3.06. The first-order valence-corrected chi connectivity index (χ1v) is 7.86. The number of anilines is 1. The van der Waals surface area contributed by atoms with Crippen molar-refractivity contribution < 1.29 is 19.4 Å². The fourth-order valence-electron chi connectivity index (χ4n) is 1.97. The van der Waals surface area contributed by atoms with E-state index in [1.165, 1.54) is 11.8 Å². The molecule has 0 saturated carbocycles. The number of carboxylic acid groups (broad SMARTS) is 1. The van der Waals surface area contributed by atoms with E-state index in [2.05, 4.69) is 0 Å². The van der Waals surface area contributed by atoms with Gasteiger partial charge in [-0.1, -0.05) is 17.8 Å². The number of esters is 1. The van der Waals surface area contributed by atoms with E-state index >= 15 is 0 Å². The highest BCUT2D eigenvalue weighted by Gasteiger charge is 2.08. The second-order valence-electron chi connectivity index (χ2n) is 4.78. The van der Waals surface area contributed by atoms with Crippen molar-refractivity contribution in [1.29, 1.82) is 0 Å². The standard InChI is InChI=1S/C17H17NO4S/c1-2-22-17(21)11-3-6-13(7-4-11)23-14-8-5-12(9-16(19)20)15(18)10-14/h3-8,10H,2,9,18H2,1H3,(H,19,20). The zero-order valence-electron chi connectivity index (χ0n) is 12.6. The van der Waals surface area contributed by atoms with Gasteiger partial charge >= 0.3 is 11.9 Å². The molecule has 5 nitrogen and oxygen atoms in total. The average Bonchev–Trinajstić information content (AvgIpc) is 2.50. The average molecular weight is 331 g/mol. The molecule has 0 amide bonds. The van der Waals surface area contributed by atoms with Gasteiger partial charge in [0.15, 0.2) is 0 Å². The van der Waals surface area contributed by atoms with E-state index in [9.17, 15) is 9.59 Å². The highest BCUT2D eigenvalue weighted by atomic mass is 32.2. The number of aliphatic carboxylic acids is 1. The second kappa shape index (κ2) is 7.69. The lowest BCUT2D eigenvalue weighted by atomic mass is 10.1. The Labute approximate surface area is 138 Å². The molecule has 0 radical (unpaired) electrons. The monoisotopic (exact) mass is 331 g/mol. The van der Waals surface area contributed by atoms with Crippen molar-refractivity contribution in [3.63, 3.8) is 0 Å². The van der Waals surface area contributed by atoms with Crippen molar-refractivity contribution in [3.8, 4) is 0 Å². The Morgan fingerprint density at radius 3 is 2.35 bits per heavy atom. The Bertz CT molecular complexity index is 713. The van der Waals surface area contributed by atoms with Gasteiger partial charge in [0.05, 0.1) is 18.6 Å². The van der Waals surface area contributed by atoms with Crippen LogP contribution >= 0.6 is 11.8 Å². The molecule has 0 fully saturated rings. The minimum atomic E-state index is -0.911. The molecular weight excluding hydrogens is 314 g/mol. The normalized spacial score (nSPS) is 10.3. The first-order chi connectivity index (χ1) is 11.0. The zero-order chi connectivity index (χ0) is 16.8. The molecule has 0 spiro atoms. The van der Waals surface area contributed by atoms with Crippen LogP contribution in [0.5, 0.6) is 0 Å². The van der Waals surface area contributed by atoms with Crippen LogP contribution in [-0.2, 0) is 16.0 Å². The van der Waals surface area contributed by atoms with Gasteiger partial charge in [-0.05, 0) is 48.9 Å². The van der Waals surface area contributed by atoms with Gasteiger partial charge in [-0.2, -0.15) is 0 Å². The second-order valence-corrected chi connectivity index (χ2v) is 5.92. The minimum Gasteiger partial charge on any atom is -0.481 e. The first kappa shape index (κ1) is 16.9. The molecule has 0 aromatic heterocycles. The van der Waals surface area contributed by atoms with E-state index in [1.807, 2.05) is 18.2 Å². The quantitative estimate of drug-likeness (QED) is 0.624. The summed E-state index contributed by atoms with van der Waals surface area (Å²) >= 11 is 1.48. The van der Waals surface area contributed by atoms with Gasteiger partial charge in [0, 0.05) is 15.5 Å². The van der Waals surface area contributed by atoms with E-state index in [-0.39, 0.29) is 12.4 Å². The topological polar surface area (TPSA) is 89.6 Å². The summed E-state index contributed by atoms with van der Waals surface area (Å²) in [5.41, 5.74) is 7.45. The Morgan fingerprint density at radius 2 is 1.78 bits per heavy atom. The molecule has 23 heavy (non-hydrogen) atoms. The van der Waals surface area contributed by atoms with Crippen LogP contribution in [0, 0.1) is 0 Å². The molecule has 2 rings (SSSR count). The van der Waals surface area contributed by atoms with Crippen molar-refractivity contribution in [2.45, 2.75) is 23.1 Å². The SMILES string of the molecule is CCOC(=O)c1ccc(Sc2ccc(CC(=O)O)c(N)c2)cc1. The van der Waals surface area contributed by atoms with Gasteiger partial charge in [-0.3, -0.25) is 4.79 Å². The Hall–Kier alpha value is -2.47. The molecule has 0 heterocycles. The summed E-state index contributed by atoms with van der Waals surface area (Å²) in [5.74, 6) is -1.25. The van der Waals surface area contributed by atoms with Crippen LogP contribution in [0.2, 0.25) is 0 Å². The number of nitrogens with two attached hydrogens (primary N) is 1. The maximum absolute atomic E-state index is 11.6. The minimum absolute atomic E-state index is 0.0922. The Morgan fingerprint density at radius 1 is 1.13 bits per heavy atom. The van der Waals surface area contributed by atoms with Crippen LogP contribution in [0.15, 0.2) is 52.3 Å². The van der Waals surface area contributed by atoms with Gasteiger partial charge in [0.25, 0.3) is 0 Å². The van der Waals surface area contributed by atoms with Crippen LogP contribution in [0.1, 0.15) is 22.8 Å². The number of carbonyl (C=O) groups is 2. The van der Waals surface area contributed by atoms with E-state index < -0.39 is 5.97 Å². The van der Waals surface area contributed by atoms with Gasteiger partial charge in [0.1, 0.15) is 0 Å². The summed E-state index contributed by atoms with van der Waals surface area (Å²) in [7, 11) is 0. The molecule has 0 saturated heterocycles. The number of carbonyl (C=O) groups excluding carboxylic acids is 1. The molecule has 2 aromatic carbocycles. The summed E-state index contributed by atoms with van der Waals surface area (Å²) in [6.45, 7) is 2.11. The summed E-state index contributed by atoms with van der Waals surface area (Å²) in [6, 6.07) is 12.4. The summed E-state index contributed by atoms with van der Waals surface area (Å²) in [5, 5.41) is 8.81. The first-order valence-electron chi connectivity index (χ1n) is 7.05. The molecule has 0 bridgehead atoms. The molecule has 0 aliphatic carbocycles. The fourth-order valence-corrected chi connectivity index (χ4v) is 2.84. The number of carboxylic acids is 1. The maximum Gasteiger partial charge on any atom is 0.338 e. The van der Waals surface area contributed by atoms with Crippen LogP contribution in [0.4, 0.5) is 5.69 Å². The Balaban J connectivity index is 2.08. The number of hydrogen-bond donors (Lipinski definition) is 2. The predicted octanol–water partition coefficient (Wildman–Crippen LogP) is 3.22. The smallest absolute Gasteiger partial charge is 0.338 e. The van der Waals surface area contributed by atoms with E-state index in [0.29, 0.717) is 23.4 Å². The number of rotatable bonds is 6. The number of hydrogen-bond acceptors (Lipinski definition) is 5. The summed E-state index contributed by atoms with van der Waals surface area (Å²) in [6.07, 6.45) is -0.0922. The van der Waals surface area contributed by atoms with Gasteiger partial charge in [-0.15, -0.1) is 0 Å². The lowest BCUT2D eigenvalue weighted by Gasteiger charge is -2.07. The highest BCUT2D eigenvalue weighted by molar-refractivity contribution is 7.99. The van der Waals surface area contributed by atoms with Gasteiger partial charge in [-0.25, -0.2) is 4.79 Å². The van der Waals surface area contributed by atoms with Crippen molar-refractivity contribution in [2.75, 3.05) is 12.3 Å². The fraction of sp³-hybridized carbons (Fsp3) is 0.176. The summed E-state index contributed by atoms with van der Waals surface area (Å²) < 4.78 is 4.94. The largest absolute Gasteiger partial charge is 0.481 e. The van der Waals surface area contributed by atoms with Gasteiger partial charge in [0.2, 0.25) is 0 Å². The van der Waals surface area contributed by atoms with E-state index in [0.717, 1.165) is 9.79 Å². The number of nitrogen functional groups attached to an aromatic ring is 1. The third-order valence-corrected chi connectivity index (χ3v) is 4.06. The van der Waals surface area contributed by atoms with Crippen LogP contribution in [0.25, 0.3) is 0 Å². The van der Waals surface area contributed by atoms with Crippen LogP contribution < -0.4 is 5.73 Å². The van der Waals surface area contributed by atoms with Crippen LogP contribution in [-0.4, -0.2) is 23.7 Å². The maximum atomic E-state index is 11.6.